The Morgan fingerprint density at radius 1 is 1.15 bits per heavy atom. The minimum Gasteiger partial charge on any atom is -0.497 e. The van der Waals surface area contributed by atoms with E-state index in [-0.39, 0.29) is 11.5 Å². The minimum absolute atomic E-state index is 0.0623. The van der Waals surface area contributed by atoms with Crippen LogP contribution in [0.5, 0.6) is 5.75 Å². The van der Waals surface area contributed by atoms with Crippen molar-refractivity contribution >= 4 is 26.3 Å². The normalized spacial score (nSPS) is 21.1. The number of Topliss-reactive ketones (excluding diaryl/α,β-unsaturated/α-hetero) is 1. The first-order chi connectivity index (χ1) is 18.5. The van der Waals surface area contributed by atoms with E-state index in [1.165, 1.54) is 7.11 Å². The van der Waals surface area contributed by atoms with Crippen molar-refractivity contribution in [1.82, 2.24) is 0 Å². The van der Waals surface area contributed by atoms with Gasteiger partial charge in [0.1, 0.15) is 11.9 Å². The number of benzene rings is 1. The first-order valence-corrected chi connectivity index (χ1v) is 16.6. The molecule has 1 aromatic rings. The van der Waals surface area contributed by atoms with E-state index in [1.54, 1.807) is 21.3 Å². The van der Waals surface area contributed by atoms with E-state index < -0.39 is 49.2 Å². The number of ketones is 1. The number of rotatable bonds is 12. The first-order valence-electron chi connectivity index (χ1n) is 13.7. The van der Waals surface area contributed by atoms with Gasteiger partial charge in [-0.25, -0.2) is 0 Å². The summed E-state index contributed by atoms with van der Waals surface area (Å²) in [6.07, 6.45) is 1.10. The Morgan fingerprint density at radius 2 is 1.75 bits per heavy atom. The third kappa shape index (κ3) is 6.26. The van der Waals surface area contributed by atoms with Crippen molar-refractivity contribution in [3.8, 4) is 5.75 Å². The molecule has 0 spiro atoms. The highest BCUT2D eigenvalue weighted by atomic mass is 28.4. The van der Waals surface area contributed by atoms with Gasteiger partial charge in [0.25, 0.3) is 0 Å². The fourth-order valence-corrected chi connectivity index (χ4v) is 7.35. The highest BCUT2D eigenvalue weighted by Gasteiger charge is 2.60. The van der Waals surface area contributed by atoms with E-state index in [0.29, 0.717) is 18.6 Å². The number of methoxy groups -OCH3 is 4. The number of hydrogen-bond acceptors (Lipinski definition) is 7. The SMILES string of the molecule is COC(=O)[C@@]1([C@H](C)[C@@H](O[Si](C)(C)C(C)(C)C)C(C)(OC)OC)CCc2cc(OC)cc(C)c2[C@@H]1CC(=O)C=[N+]=[N-]. The molecule has 0 N–H and O–H groups in total. The van der Waals surface area contributed by atoms with Crippen molar-refractivity contribution in [1.29, 1.82) is 0 Å². The third-order valence-electron chi connectivity index (χ3n) is 9.45. The number of esters is 1. The van der Waals surface area contributed by atoms with Crippen LogP contribution in [0, 0.1) is 18.3 Å². The lowest BCUT2D eigenvalue weighted by atomic mass is 9.55. The number of aryl methyl sites for hydroxylation is 2. The number of ether oxygens (including phenoxy) is 4. The van der Waals surface area contributed by atoms with E-state index in [4.69, 9.17) is 28.9 Å². The number of carbonyl (C=O) groups is 2. The molecule has 0 radical (unpaired) electrons. The number of carbonyl (C=O) groups excluding carboxylic acids is 2. The van der Waals surface area contributed by atoms with Crippen molar-refractivity contribution in [3.05, 3.63) is 34.4 Å². The van der Waals surface area contributed by atoms with Crippen LogP contribution in [-0.2, 0) is 34.6 Å². The summed E-state index contributed by atoms with van der Waals surface area (Å²) < 4.78 is 30.0. The molecule has 224 valence electrons. The van der Waals surface area contributed by atoms with Gasteiger partial charge in [0.2, 0.25) is 5.78 Å². The van der Waals surface area contributed by atoms with E-state index in [0.717, 1.165) is 22.9 Å². The summed E-state index contributed by atoms with van der Waals surface area (Å²) in [5, 5.41) is -0.134. The lowest BCUT2D eigenvalue weighted by Crippen LogP contribution is -2.61. The van der Waals surface area contributed by atoms with Gasteiger partial charge in [0.05, 0.1) is 19.6 Å². The summed E-state index contributed by atoms with van der Waals surface area (Å²) in [5.74, 6) is -2.44. The Balaban J connectivity index is 2.93. The lowest BCUT2D eigenvalue weighted by molar-refractivity contribution is -0.263. The van der Waals surface area contributed by atoms with Crippen LogP contribution >= 0.6 is 0 Å². The smallest absolute Gasteiger partial charge is 0.323 e. The molecule has 0 aromatic heterocycles. The Morgan fingerprint density at radius 3 is 2.23 bits per heavy atom. The maximum absolute atomic E-state index is 14.1. The molecule has 2 rings (SSSR count). The predicted molar refractivity (Wildman–Crippen MR) is 156 cm³/mol. The largest absolute Gasteiger partial charge is 0.497 e. The molecule has 10 heteroatoms. The molecule has 9 nitrogen and oxygen atoms in total. The Bertz CT molecular complexity index is 1140. The molecule has 1 aromatic carbocycles. The van der Waals surface area contributed by atoms with Crippen molar-refractivity contribution in [2.24, 2.45) is 11.3 Å². The molecule has 0 saturated heterocycles. The molecule has 0 fully saturated rings. The predicted octanol–water partition coefficient (Wildman–Crippen LogP) is 5.49. The zero-order valence-corrected chi connectivity index (χ0v) is 27.3. The van der Waals surface area contributed by atoms with Crippen LogP contribution in [0.2, 0.25) is 18.1 Å². The van der Waals surface area contributed by atoms with E-state index in [9.17, 15) is 9.59 Å². The average Bonchev–Trinajstić information content (AvgIpc) is 2.89. The fraction of sp³-hybridized carbons (Fsp3) is 0.700. The second kappa shape index (κ2) is 12.7. The van der Waals surface area contributed by atoms with Crippen LogP contribution in [0.3, 0.4) is 0 Å². The molecular formula is C30H48N2O7Si. The van der Waals surface area contributed by atoms with Crippen molar-refractivity contribution in [2.45, 2.75) is 96.7 Å². The quantitative estimate of drug-likeness (QED) is 0.0807. The number of fused-ring (bicyclic) bond motifs is 1. The van der Waals surface area contributed by atoms with Crippen LogP contribution in [0.25, 0.3) is 5.53 Å². The highest BCUT2D eigenvalue weighted by molar-refractivity contribution is 6.74. The van der Waals surface area contributed by atoms with Crippen molar-refractivity contribution < 1.29 is 37.8 Å². The summed E-state index contributed by atoms with van der Waals surface area (Å²) in [6.45, 7) is 16.5. The molecule has 1 aliphatic carbocycles. The summed E-state index contributed by atoms with van der Waals surface area (Å²) in [7, 11) is 3.69. The van der Waals surface area contributed by atoms with Gasteiger partial charge in [-0.05, 0) is 73.6 Å². The molecule has 0 heterocycles. The molecule has 0 amide bonds. The summed E-state index contributed by atoms with van der Waals surface area (Å²) in [4.78, 5) is 30.2. The van der Waals surface area contributed by atoms with Gasteiger partial charge in [0, 0.05) is 32.5 Å². The summed E-state index contributed by atoms with van der Waals surface area (Å²) in [6, 6.07) is 3.87. The van der Waals surface area contributed by atoms with Crippen LogP contribution in [0.1, 0.15) is 70.1 Å². The van der Waals surface area contributed by atoms with Gasteiger partial charge < -0.3 is 28.9 Å². The van der Waals surface area contributed by atoms with Crippen LogP contribution in [0.15, 0.2) is 12.1 Å². The summed E-state index contributed by atoms with van der Waals surface area (Å²) in [5.41, 5.74) is 10.7. The first kappa shape index (κ1) is 33.8. The molecule has 4 atom stereocenters. The average molecular weight is 577 g/mol. The minimum atomic E-state index is -2.43. The second-order valence-corrected chi connectivity index (χ2v) is 17.3. The maximum Gasteiger partial charge on any atom is 0.323 e. The highest BCUT2D eigenvalue weighted by Crippen LogP contribution is 2.57. The van der Waals surface area contributed by atoms with E-state index in [1.807, 2.05) is 32.9 Å². The Kier molecular flexibility index (Phi) is 10.7. The third-order valence-corrected chi connectivity index (χ3v) is 13.9. The molecule has 1 aliphatic rings. The molecule has 40 heavy (non-hydrogen) atoms. The van der Waals surface area contributed by atoms with E-state index >= 15 is 0 Å². The number of nitrogens with zero attached hydrogens (tertiary/aromatic N) is 2. The standard InChI is InChI=1S/C30H48N2O7Si/c1-19-15-23(35-7)16-21-13-14-30(27(34)36-8,24(25(19)21)17-22(33)18-32-31)20(2)26(29(6,37-9)38-10)39-40(11,12)28(3,4)5/h15-16,18,20,24,26H,13-14,17H2,1-12H3/t20-,24+,26-,30-/m1/s1. The van der Waals surface area contributed by atoms with Gasteiger partial charge in [-0.15, -0.1) is 0 Å². The van der Waals surface area contributed by atoms with Gasteiger partial charge in [0.15, 0.2) is 14.1 Å². The zero-order valence-electron chi connectivity index (χ0n) is 26.3. The van der Waals surface area contributed by atoms with Crippen LogP contribution < -0.4 is 4.74 Å². The fourth-order valence-electron chi connectivity index (χ4n) is 5.94. The lowest BCUT2D eigenvalue weighted by Gasteiger charge is -2.53. The molecule has 0 unspecified atom stereocenters. The molecule has 0 aliphatic heterocycles. The van der Waals surface area contributed by atoms with Crippen LogP contribution in [-0.4, -0.2) is 71.4 Å². The van der Waals surface area contributed by atoms with Gasteiger partial charge in [-0.3, -0.25) is 9.59 Å². The molecule has 0 saturated carbocycles. The molecule has 0 bridgehead atoms. The monoisotopic (exact) mass is 576 g/mol. The topological polar surface area (TPSA) is 117 Å². The van der Waals surface area contributed by atoms with Gasteiger partial charge >= 0.3 is 12.2 Å². The van der Waals surface area contributed by atoms with Crippen molar-refractivity contribution in [3.63, 3.8) is 0 Å². The van der Waals surface area contributed by atoms with Gasteiger partial charge in [-0.1, -0.05) is 27.7 Å². The van der Waals surface area contributed by atoms with Crippen LogP contribution in [0.4, 0.5) is 0 Å². The summed E-state index contributed by atoms with van der Waals surface area (Å²) >= 11 is 0. The maximum atomic E-state index is 14.1. The van der Waals surface area contributed by atoms with E-state index in [2.05, 4.69) is 38.7 Å². The zero-order chi connectivity index (χ0) is 30.7. The Labute approximate surface area is 240 Å². The van der Waals surface area contributed by atoms with Crippen molar-refractivity contribution in [2.75, 3.05) is 28.4 Å². The Hall–Kier alpha value is -2.36. The number of hydrogen-bond donors (Lipinski definition) is 0. The second-order valence-electron chi connectivity index (χ2n) is 12.5. The molecular weight excluding hydrogens is 528 g/mol. The van der Waals surface area contributed by atoms with Gasteiger partial charge in [-0.2, -0.15) is 4.79 Å².